The van der Waals surface area contributed by atoms with E-state index < -0.39 is 5.92 Å². The molecule has 1 N–H and O–H groups in total. The van der Waals surface area contributed by atoms with Crippen molar-refractivity contribution in [3.63, 3.8) is 0 Å². The fourth-order valence-corrected chi connectivity index (χ4v) is 2.41. The van der Waals surface area contributed by atoms with Crippen molar-refractivity contribution in [2.24, 2.45) is 5.92 Å². The van der Waals surface area contributed by atoms with E-state index in [2.05, 4.69) is 11.4 Å². The van der Waals surface area contributed by atoms with Crippen molar-refractivity contribution in [3.05, 3.63) is 53.6 Å². The monoisotopic (exact) mass is 324 g/mol. The predicted molar refractivity (Wildman–Crippen MR) is 92.2 cm³/mol. The van der Waals surface area contributed by atoms with Crippen LogP contribution in [0.25, 0.3) is 0 Å². The quantitative estimate of drug-likeness (QED) is 0.884. The molecule has 5 nitrogen and oxygen atoms in total. The van der Waals surface area contributed by atoms with Gasteiger partial charge in [-0.25, -0.2) is 0 Å². The van der Waals surface area contributed by atoms with Crippen molar-refractivity contribution in [3.8, 4) is 17.6 Å². The summed E-state index contributed by atoms with van der Waals surface area (Å²) in [6.07, 6.45) is 0.245. The first-order valence-electron chi connectivity index (χ1n) is 7.55. The van der Waals surface area contributed by atoms with Crippen molar-refractivity contribution in [2.75, 3.05) is 19.5 Å². The molecule has 2 rings (SSSR count). The van der Waals surface area contributed by atoms with Crippen LogP contribution in [-0.2, 0) is 11.2 Å². The summed E-state index contributed by atoms with van der Waals surface area (Å²) in [6.45, 7) is 1.94. The number of aryl methyl sites for hydroxylation is 1. The minimum atomic E-state index is -0.827. The van der Waals surface area contributed by atoms with Crippen molar-refractivity contribution in [1.29, 1.82) is 5.26 Å². The highest BCUT2D eigenvalue weighted by atomic mass is 16.5. The predicted octanol–water partition coefficient (Wildman–Crippen LogP) is 3.33. The smallest absolute Gasteiger partial charge is 0.242 e. The largest absolute Gasteiger partial charge is 0.497 e. The van der Waals surface area contributed by atoms with Crippen LogP contribution >= 0.6 is 0 Å². The molecule has 0 radical (unpaired) electrons. The molecule has 124 valence electrons. The summed E-state index contributed by atoms with van der Waals surface area (Å²) in [4.78, 5) is 12.4. The third kappa shape index (κ3) is 4.26. The Hall–Kier alpha value is -3.00. The second-order valence-electron chi connectivity index (χ2n) is 5.42. The zero-order chi connectivity index (χ0) is 17.5. The molecule has 0 aliphatic rings. The summed E-state index contributed by atoms with van der Waals surface area (Å²) in [7, 11) is 3.12. The van der Waals surface area contributed by atoms with Gasteiger partial charge >= 0.3 is 0 Å². The molecule has 5 heteroatoms. The Morgan fingerprint density at radius 3 is 2.62 bits per heavy atom. The number of benzene rings is 2. The van der Waals surface area contributed by atoms with Gasteiger partial charge in [-0.3, -0.25) is 4.79 Å². The molecule has 0 aliphatic carbocycles. The molecular formula is C19H20N2O3. The Balaban J connectivity index is 2.17. The van der Waals surface area contributed by atoms with Crippen LogP contribution in [0.1, 0.15) is 11.1 Å². The Morgan fingerprint density at radius 1 is 1.21 bits per heavy atom. The molecule has 0 saturated carbocycles. The second-order valence-corrected chi connectivity index (χ2v) is 5.42. The molecule has 2 aromatic rings. The maximum absolute atomic E-state index is 12.4. The molecule has 0 heterocycles. The highest BCUT2D eigenvalue weighted by Crippen LogP contribution is 2.26. The van der Waals surface area contributed by atoms with Gasteiger partial charge in [0.1, 0.15) is 17.4 Å². The van der Waals surface area contributed by atoms with Crippen LogP contribution in [0.2, 0.25) is 0 Å². The summed E-state index contributed by atoms with van der Waals surface area (Å²) in [6, 6.07) is 14.8. The van der Waals surface area contributed by atoms with Crippen molar-refractivity contribution in [1.82, 2.24) is 0 Å². The minimum absolute atomic E-state index is 0.245. The number of carbonyl (C=O) groups is 1. The molecule has 1 atom stereocenters. The van der Waals surface area contributed by atoms with Gasteiger partial charge in [0.05, 0.1) is 20.3 Å². The number of hydrogen-bond donors (Lipinski definition) is 1. The van der Waals surface area contributed by atoms with Crippen LogP contribution < -0.4 is 14.8 Å². The fourth-order valence-electron chi connectivity index (χ4n) is 2.41. The molecule has 0 fully saturated rings. The number of nitriles is 1. The zero-order valence-corrected chi connectivity index (χ0v) is 14.0. The fraction of sp³-hybridized carbons (Fsp3) is 0.263. The Labute approximate surface area is 141 Å². The number of anilines is 1. The van der Waals surface area contributed by atoms with Gasteiger partial charge in [0, 0.05) is 12.1 Å². The van der Waals surface area contributed by atoms with Gasteiger partial charge in [0.25, 0.3) is 0 Å². The van der Waals surface area contributed by atoms with Crippen LogP contribution in [0.3, 0.4) is 0 Å². The van der Waals surface area contributed by atoms with E-state index >= 15 is 0 Å². The lowest BCUT2D eigenvalue weighted by Gasteiger charge is -2.14. The summed E-state index contributed by atoms with van der Waals surface area (Å²) < 4.78 is 10.5. The standard InChI is InChI=1S/C19H20N2O3/c1-13-5-4-6-16(9-13)21-19(22)15(12-20)10-14-11-17(23-2)7-8-18(14)24-3/h4-9,11,15H,10H2,1-3H3,(H,21,22). The van der Waals surface area contributed by atoms with Gasteiger partial charge < -0.3 is 14.8 Å². The zero-order valence-electron chi connectivity index (χ0n) is 14.0. The molecule has 0 bridgehead atoms. The summed E-state index contributed by atoms with van der Waals surface area (Å²) in [5.74, 6) is 0.112. The van der Waals surface area contributed by atoms with Crippen LogP contribution in [0, 0.1) is 24.2 Å². The van der Waals surface area contributed by atoms with E-state index in [1.54, 1.807) is 38.5 Å². The average molecular weight is 324 g/mol. The van der Waals surface area contributed by atoms with Gasteiger partial charge in [-0.1, -0.05) is 12.1 Å². The number of ether oxygens (including phenoxy) is 2. The molecule has 0 spiro atoms. The van der Waals surface area contributed by atoms with Gasteiger partial charge in [-0.15, -0.1) is 0 Å². The van der Waals surface area contributed by atoms with Crippen molar-refractivity contribution in [2.45, 2.75) is 13.3 Å². The Morgan fingerprint density at radius 2 is 2.00 bits per heavy atom. The van der Waals surface area contributed by atoms with Crippen molar-refractivity contribution < 1.29 is 14.3 Å². The maximum Gasteiger partial charge on any atom is 0.242 e. The summed E-state index contributed by atoms with van der Waals surface area (Å²) in [5, 5.41) is 12.2. The first kappa shape index (κ1) is 17.4. The van der Waals surface area contributed by atoms with Crippen LogP contribution in [0.5, 0.6) is 11.5 Å². The van der Waals surface area contributed by atoms with Gasteiger partial charge in [0.15, 0.2) is 0 Å². The third-order valence-electron chi connectivity index (χ3n) is 3.67. The maximum atomic E-state index is 12.4. The molecule has 2 aromatic carbocycles. The summed E-state index contributed by atoms with van der Waals surface area (Å²) >= 11 is 0. The SMILES string of the molecule is COc1ccc(OC)c(CC(C#N)C(=O)Nc2cccc(C)c2)c1. The lowest BCUT2D eigenvalue weighted by molar-refractivity contribution is -0.118. The second kappa shape index (κ2) is 8.02. The van der Waals surface area contributed by atoms with Crippen molar-refractivity contribution >= 4 is 11.6 Å². The molecule has 0 aliphatic heterocycles. The lowest BCUT2D eigenvalue weighted by atomic mass is 9.98. The highest BCUT2D eigenvalue weighted by Gasteiger charge is 2.21. The first-order valence-corrected chi connectivity index (χ1v) is 7.55. The van der Waals surface area contributed by atoms with Crippen LogP contribution in [0.4, 0.5) is 5.69 Å². The normalized spacial score (nSPS) is 11.2. The van der Waals surface area contributed by atoms with Gasteiger partial charge in [-0.05, 0) is 48.4 Å². The lowest BCUT2D eigenvalue weighted by Crippen LogP contribution is -2.23. The summed E-state index contributed by atoms with van der Waals surface area (Å²) in [5.41, 5.74) is 2.47. The number of nitrogens with zero attached hydrogens (tertiary/aromatic N) is 1. The molecule has 24 heavy (non-hydrogen) atoms. The van der Waals surface area contributed by atoms with E-state index in [0.717, 1.165) is 11.1 Å². The van der Waals surface area contributed by atoms with E-state index in [9.17, 15) is 10.1 Å². The average Bonchev–Trinajstić information content (AvgIpc) is 2.59. The van der Waals surface area contributed by atoms with E-state index in [-0.39, 0.29) is 12.3 Å². The van der Waals surface area contributed by atoms with E-state index in [1.165, 1.54) is 0 Å². The Kier molecular flexibility index (Phi) is 5.80. The van der Waals surface area contributed by atoms with Crippen LogP contribution in [-0.4, -0.2) is 20.1 Å². The number of rotatable bonds is 6. The van der Waals surface area contributed by atoms with Crippen LogP contribution in [0.15, 0.2) is 42.5 Å². The number of hydrogen-bond acceptors (Lipinski definition) is 4. The van der Waals surface area contributed by atoms with E-state index in [1.807, 2.05) is 25.1 Å². The van der Waals surface area contributed by atoms with E-state index in [4.69, 9.17) is 9.47 Å². The first-order chi connectivity index (χ1) is 11.6. The molecular weight excluding hydrogens is 304 g/mol. The molecule has 0 aromatic heterocycles. The molecule has 1 amide bonds. The third-order valence-corrected chi connectivity index (χ3v) is 3.67. The molecule has 1 unspecified atom stereocenters. The number of amides is 1. The number of nitrogens with one attached hydrogen (secondary N) is 1. The number of methoxy groups -OCH3 is 2. The topological polar surface area (TPSA) is 71.3 Å². The highest BCUT2D eigenvalue weighted by molar-refractivity contribution is 5.94. The Bertz CT molecular complexity index is 765. The minimum Gasteiger partial charge on any atom is -0.497 e. The van der Waals surface area contributed by atoms with Gasteiger partial charge in [0.2, 0.25) is 5.91 Å². The molecule has 0 saturated heterocycles. The van der Waals surface area contributed by atoms with Gasteiger partial charge in [-0.2, -0.15) is 5.26 Å². The number of carbonyl (C=O) groups excluding carboxylic acids is 1. The van der Waals surface area contributed by atoms with E-state index in [0.29, 0.717) is 17.2 Å².